The molecule has 0 spiro atoms. The topological polar surface area (TPSA) is 14.2 Å². The number of hydrogen-bond acceptors (Lipinski definition) is 4. The van der Waals surface area contributed by atoms with Crippen molar-refractivity contribution in [1.29, 1.82) is 0 Å². The van der Waals surface area contributed by atoms with Crippen molar-refractivity contribution in [2.75, 3.05) is 23.9 Å². The lowest BCUT2D eigenvalue weighted by Gasteiger charge is -2.13. The summed E-state index contributed by atoms with van der Waals surface area (Å²) in [4.78, 5) is 7.29. The Bertz CT molecular complexity index is 1680. The fourth-order valence-electron chi connectivity index (χ4n) is 7.52. The number of fused-ring (bicyclic) bond motifs is 2. The monoisotopic (exact) mass is 704 g/mol. The highest BCUT2D eigenvalue weighted by atomic mass is 32.2. The molecule has 0 radical (unpaired) electrons. The van der Waals surface area contributed by atoms with Crippen LogP contribution in [0.5, 0.6) is 0 Å². The van der Waals surface area contributed by atoms with Gasteiger partial charge in [-0.05, 0) is 60.4 Å². The Labute approximate surface area is 310 Å². The van der Waals surface area contributed by atoms with E-state index >= 15 is 0 Å². The molecule has 0 N–H and O–H groups in total. The zero-order valence-electron chi connectivity index (χ0n) is 31.2. The molecule has 2 aliphatic heterocycles. The van der Waals surface area contributed by atoms with Gasteiger partial charge in [-0.1, -0.05) is 86.3 Å². The summed E-state index contributed by atoms with van der Waals surface area (Å²) in [6.07, 6.45) is 18.1. The molecule has 0 saturated carbocycles. The lowest BCUT2D eigenvalue weighted by Crippen LogP contribution is -2.40. The number of unbranched alkanes of at least 4 members (excludes halogenated alkanes) is 9. The van der Waals surface area contributed by atoms with E-state index in [1.807, 2.05) is 23.5 Å². The average molecular weight is 705 g/mol. The second kappa shape index (κ2) is 17.2. The van der Waals surface area contributed by atoms with Gasteiger partial charge in [0.2, 0.25) is 0 Å². The first-order valence-electron chi connectivity index (χ1n) is 18.8. The normalized spacial score (nSPS) is 15.4. The Morgan fingerprint density at radius 2 is 0.800 bits per heavy atom. The van der Waals surface area contributed by atoms with Gasteiger partial charge in [-0.2, -0.15) is 0 Å². The zero-order chi connectivity index (χ0) is 35.0. The van der Waals surface area contributed by atoms with E-state index in [1.54, 1.807) is 0 Å². The molecule has 50 heavy (non-hydrogen) atoms. The summed E-state index contributed by atoms with van der Waals surface area (Å²) in [6.45, 7) is 11.3. The molecule has 2 aromatic heterocycles. The highest BCUT2D eigenvalue weighted by molar-refractivity contribution is 8.04. The highest BCUT2D eigenvalue weighted by Crippen LogP contribution is 2.46. The fourth-order valence-corrected chi connectivity index (χ4v) is 9.74. The molecule has 4 heterocycles. The van der Waals surface area contributed by atoms with Crippen molar-refractivity contribution < 1.29 is 9.13 Å². The number of benzene rings is 2. The van der Waals surface area contributed by atoms with Crippen molar-refractivity contribution in [2.24, 2.45) is 0 Å². The van der Waals surface area contributed by atoms with Gasteiger partial charge in [0.1, 0.15) is 13.1 Å². The largest absolute Gasteiger partial charge is 0.338 e. The Hall–Kier alpha value is -3.48. The van der Waals surface area contributed by atoms with Crippen molar-refractivity contribution in [3.63, 3.8) is 0 Å². The van der Waals surface area contributed by atoms with Gasteiger partial charge in [-0.15, -0.1) is 0 Å². The second-order valence-corrected chi connectivity index (χ2v) is 16.3. The molecular weight excluding hydrogens is 649 g/mol. The predicted molar refractivity (Wildman–Crippen MR) is 216 cm³/mol. The molecule has 6 heteroatoms. The van der Waals surface area contributed by atoms with Crippen LogP contribution in [0.25, 0.3) is 12.2 Å². The maximum absolute atomic E-state index is 2.50. The SMILES string of the molecule is Cc1cc(/C=C2/Sc3ccccc3N2C)cc(C)[n+]1CCCCCCCCCCCC[n+]1c(C)cc(/C=C2/Sc3ccccc3N2C)cc1C. The highest BCUT2D eigenvalue weighted by Gasteiger charge is 2.23. The van der Waals surface area contributed by atoms with Crippen molar-refractivity contribution in [2.45, 2.75) is 115 Å². The third-order valence-corrected chi connectivity index (χ3v) is 12.7. The number of aromatic nitrogens is 2. The van der Waals surface area contributed by atoms with Gasteiger partial charge in [0, 0.05) is 88.7 Å². The number of pyridine rings is 2. The van der Waals surface area contributed by atoms with Crippen molar-refractivity contribution >= 4 is 47.1 Å². The minimum Gasteiger partial charge on any atom is -0.338 e. The van der Waals surface area contributed by atoms with Crippen LogP contribution in [-0.4, -0.2) is 14.1 Å². The predicted octanol–water partition coefficient (Wildman–Crippen LogP) is 11.2. The van der Waals surface area contributed by atoms with E-state index in [2.05, 4.69) is 146 Å². The third kappa shape index (κ3) is 8.87. The summed E-state index contributed by atoms with van der Waals surface area (Å²) in [5.74, 6) is 0. The van der Waals surface area contributed by atoms with Gasteiger partial charge in [0.15, 0.2) is 22.8 Å². The molecule has 0 atom stereocenters. The van der Waals surface area contributed by atoms with Gasteiger partial charge in [-0.3, -0.25) is 0 Å². The standard InChI is InChI=1S/C44H56N4S2/c1-33-27-37(31-43-45(5)39-21-15-17-23-41(39)49-43)28-34(2)47(33)25-19-13-11-9-7-8-10-12-14-20-26-48-35(3)29-38(30-36(48)4)32-44-46(6)40-22-16-18-24-42(40)50-44/h15-18,21-24,27-32H,7-14,19-20,25-26H2,1-6H3/q+2. The van der Waals surface area contributed by atoms with Crippen molar-refractivity contribution in [3.8, 4) is 0 Å². The first-order valence-corrected chi connectivity index (χ1v) is 20.4. The number of anilines is 2. The summed E-state index contributed by atoms with van der Waals surface area (Å²) in [5.41, 5.74) is 10.6. The van der Waals surface area contributed by atoms with Crippen LogP contribution in [-0.2, 0) is 13.1 Å². The molecular formula is C44H56N4S2+2. The van der Waals surface area contributed by atoms with Crippen LogP contribution in [0.3, 0.4) is 0 Å². The molecule has 0 bridgehead atoms. The van der Waals surface area contributed by atoms with Gasteiger partial charge >= 0.3 is 0 Å². The molecule has 262 valence electrons. The molecule has 0 unspecified atom stereocenters. The molecule has 6 rings (SSSR count). The Morgan fingerprint density at radius 1 is 0.480 bits per heavy atom. The number of aryl methyl sites for hydroxylation is 4. The summed E-state index contributed by atoms with van der Waals surface area (Å²) in [5, 5.41) is 2.58. The summed E-state index contributed by atoms with van der Waals surface area (Å²) in [6, 6.07) is 26.7. The number of nitrogens with zero attached hydrogens (tertiary/aromatic N) is 4. The summed E-state index contributed by atoms with van der Waals surface area (Å²) in [7, 11) is 4.34. The van der Waals surface area contributed by atoms with E-state index in [4.69, 9.17) is 0 Å². The number of para-hydroxylation sites is 2. The Kier molecular flexibility index (Phi) is 12.5. The van der Waals surface area contributed by atoms with Crippen LogP contribution < -0.4 is 18.9 Å². The molecule has 2 aliphatic rings. The molecule has 4 aromatic rings. The quantitative estimate of drug-likeness (QED) is 0.0903. The molecule has 0 fully saturated rings. The number of rotatable bonds is 15. The Balaban J connectivity index is 0.837. The second-order valence-electron chi connectivity index (χ2n) is 14.2. The van der Waals surface area contributed by atoms with E-state index < -0.39 is 0 Å². The summed E-state index contributed by atoms with van der Waals surface area (Å²) >= 11 is 3.73. The van der Waals surface area contributed by atoms with Crippen molar-refractivity contribution in [1.82, 2.24) is 0 Å². The van der Waals surface area contributed by atoms with E-state index in [-0.39, 0.29) is 0 Å². The van der Waals surface area contributed by atoms with Gasteiger partial charge in [-0.25, -0.2) is 9.13 Å². The maximum atomic E-state index is 2.50. The van der Waals surface area contributed by atoms with Crippen LogP contribution in [0, 0.1) is 27.7 Å². The zero-order valence-corrected chi connectivity index (χ0v) is 32.8. The van der Waals surface area contributed by atoms with E-state index in [0.29, 0.717) is 0 Å². The van der Waals surface area contributed by atoms with Crippen LogP contribution in [0.15, 0.2) is 92.6 Å². The average Bonchev–Trinajstić information content (AvgIpc) is 3.58. The Morgan fingerprint density at radius 3 is 1.14 bits per heavy atom. The van der Waals surface area contributed by atoms with Crippen LogP contribution in [0.1, 0.15) is 98.1 Å². The van der Waals surface area contributed by atoms with Crippen LogP contribution >= 0.6 is 23.5 Å². The third-order valence-electron chi connectivity index (χ3n) is 10.3. The van der Waals surface area contributed by atoms with Gasteiger partial charge in [0.25, 0.3) is 0 Å². The summed E-state index contributed by atoms with van der Waals surface area (Å²) < 4.78 is 5.01. The van der Waals surface area contributed by atoms with E-state index in [1.165, 1.54) is 129 Å². The maximum Gasteiger partial charge on any atom is 0.179 e. The molecule has 0 saturated heterocycles. The molecule has 4 nitrogen and oxygen atoms in total. The lowest BCUT2D eigenvalue weighted by molar-refractivity contribution is -0.709. The smallest absolute Gasteiger partial charge is 0.179 e. The molecule has 0 amide bonds. The van der Waals surface area contributed by atoms with Crippen LogP contribution in [0.4, 0.5) is 11.4 Å². The van der Waals surface area contributed by atoms with Crippen molar-refractivity contribution in [3.05, 3.63) is 117 Å². The first kappa shape index (κ1) is 36.3. The molecule has 0 aliphatic carbocycles. The molecule has 2 aromatic carbocycles. The number of hydrogen-bond donors (Lipinski definition) is 0. The van der Waals surface area contributed by atoms with Crippen LogP contribution in [0.2, 0.25) is 0 Å². The van der Waals surface area contributed by atoms with Gasteiger partial charge in [0.05, 0.1) is 21.4 Å². The van der Waals surface area contributed by atoms with E-state index in [9.17, 15) is 0 Å². The first-order chi connectivity index (χ1) is 24.3. The minimum atomic E-state index is 1.12. The fraction of sp³-hybridized carbons (Fsp3) is 0.409. The minimum absolute atomic E-state index is 1.12. The lowest BCUT2D eigenvalue weighted by atomic mass is 10.1. The van der Waals surface area contributed by atoms with E-state index in [0.717, 1.165) is 13.1 Å². The number of thioether (sulfide) groups is 2. The van der Waals surface area contributed by atoms with Gasteiger partial charge < -0.3 is 9.80 Å².